The van der Waals surface area contributed by atoms with Crippen molar-refractivity contribution in [3.63, 3.8) is 0 Å². The molecule has 1 heterocycles. The molecule has 0 aliphatic carbocycles. The van der Waals surface area contributed by atoms with E-state index in [0.29, 0.717) is 0 Å². The number of fused-ring (bicyclic) bond motifs is 1. The molecule has 0 saturated heterocycles. The third kappa shape index (κ3) is 2.37. The van der Waals surface area contributed by atoms with Crippen LogP contribution in [0.15, 0.2) is 18.2 Å². The van der Waals surface area contributed by atoms with E-state index in [9.17, 15) is 0 Å². The van der Waals surface area contributed by atoms with Crippen LogP contribution in [0.4, 0.5) is 0 Å². The maximum atomic E-state index is 2.56. The largest absolute Gasteiger partial charge is 0.0802 e. The summed E-state index contributed by atoms with van der Waals surface area (Å²) in [6.45, 7) is 17.2. The molecule has 0 saturated carbocycles. The van der Waals surface area contributed by atoms with Crippen molar-refractivity contribution in [3.8, 4) is 0 Å². The highest BCUT2D eigenvalue weighted by molar-refractivity contribution is 7.03. The summed E-state index contributed by atoms with van der Waals surface area (Å²) in [5.74, 6) is 0. The summed E-state index contributed by atoms with van der Waals surface area (Å²) in [6.07, 6.45) is 0. The van der Waals surface area contributed by atoms with Crippen molar-refractivity contribution in [1.29, 1.82) is 0 Å². The summed E-state index contributed by atoms with van der Waals surface area (Å²) in [7, 11) is -2.32. The fourth-order valence-corrected chi connectivity index (χ4v) is 13.3. The number of rotatable bonds is 0. The second-order valence-corrected chi connectivity index (χ2v) is 17.9. The van der Waals surface area contributed by atoms with Gasteiger partial charge in [0.05, 0.1) is 16.1 Å². The van der Waals surface area contributed by atoms with Crippen LogP contribution in [0.25, 0.3) is 0 Å². The van der Waals surface area contributed by atoms with Crippen LogP contribution in [-0.4, -0.2) is 16.1 Å². The van der Waals surface area contributed by atoms with E-state index in [1.165, 1.54) is 17.7 Å². The Morgan fingerprint density at radius 3 is 1.83 bits per heavy atom. The lowest BCUT2D eigenvalue weighted by Crippen LogP contribution is -2.63. The van der Waals surface area contributed by atoms with Crippen molar-refractivity contribution in [3.05, 3.63) is 23.8 Å². The lowest BCUT2D eigenvalue weighted by atomic mass is 9.87. The normalized spacial score (nSPS) is 21.5. The lowest BCUT2D eigenvalue weighted by molar-refractivity contribution is 0.591. The second-order valence-electron chi connectivity index (χ2n) is 8.28. The first-order valence-electron chi connectivity index (χ1n) is 7.20. The molecule has 0 bridgehead atoms. The van der Waals surface area contributed by atoms with Crippen LogP contribution in [0.5, 0.6) is 0 Å². The molecule has 0 fully saturated rings. The van der Waals surface area contributed by atoms with Crippen LogP contribution >= 0.6 is 0 Å². The van der Waals surface area contributed by atoms with E-state index in [2.05, 4.69) is 65.2 Å². The minimum Gasteiger partial charge on any atom is -0.0654 e. The molecule has 1 aliphatic heterocycles. The van der Waals surface area contributed by atoms with Crippen molar-refractivity contribution in [2.75, 3.05) is 0 Å². The van der Waals surface area contributed by atoms with Crippen LogP contribution in [0.3, 0.4) is 0 Å². The first kappa shape index (κ1) is 14.1. The highest BCUT2D eigenvalue weighted by Crippen LogP contribution is 2.28. The molecule has 1 aromatic rings. The van der Waals surface area contributed by atoms with Gasteiger partial charge in [-0.2, -0.15) is 0 Å². The van der Waals surface area contributed by atoms with Crippen LogP contribution < -0.4 is 10.4 Å². The number of hydrogen-bond donors (Lipinski definition) is 0. The fraction of sp³-hybridized carbons (Fsp3) is 0.625. The third-order valence-corrected chi connectivity index (χ3v) is 12.2. The lowest BCUT2D eigenvalue weighted by Gasteiger charge is -2.40. The van der Waals surface area contributed by atoms with E-state index < -0.39 is 16.1 Å². The SMILES string of the molecule is CC(C)(C)c1ccc2c(c1)[Si](C)(C)CC[Si]2(C)C. The predicted molar refractivity (Wildman–Crippen MR) is 89.0 cm³/mol. The maximum absolute atomic E-state index is 2.56. The van der Waals surface area contributed by atoms with Gasteiger partial charge in [-0.15, -0.1) is 0 Å². The molecule has 2 rings (SSSR count). The summed E-state index contributed by atoms with van der Waals surface area (Å²) in [5, 5.41) is 3.54. The smallest absolute Gasteiger partial charge is 0.0654 e. The highest BCUT2D eigenvalue weighted by atomic mass is 28.3. The quantitative estimate of drug-likeness (QED) is 0.632. The molecule has 0 aromatic heterocycles. The molecule has 0 spiro atoms. The molecule has 0 atom stereocenters. The zero-order valence-corrected chi connectivity index (χ0v) is 15.1. The van der Waals surface area contributed by atoms with E-state index in [-0.39, 0.29) is 5.41 Å². The van der Waals surface area contributed by atoms with Gasteiger partial charge in [0.25, 0.3) is 0 Å². The molecule has 0 radical (unpaired) electrons. The van der Waals surface area contributed by atoms with Gasteiger partial charge >= 0.3 is 0 Å². The van der Waals surface area contributed by atoms with Crippen molar-refractivity contribution >= 4 is 26.5 Å². The molecule has 2 heteroatoms. The average molecular weight is 277 g/mol. The van der Waals surface area contributed by atoms with Gasteiger partial charge in [-0.05, 0) is 11.0 Å². The van der Waals surface area contributed by atoms with Gasteiger partial charge in [-0.25, -0.2) is 0 Å². The molecule has 1 aromatic carbocycles. The standard InChI is InChI=1S/C16H28Si2/c1-16(2,3)13-8-9-14-15(12-13)18(6,7)11-10-17(14,4)5/h8-9,12H,10-11H2,1-7H3. The molecular weight excluding hydrogens is 248 g/mol. The summed E-state index contributed by atoms with van der Waals surface area (Å²) < 4.78 is 0. The molecule has 0 N–H and O–H groups in total. The molecule has 0 nitrogen and oxygen atoms in total. The van der Waals surface area contributed by atoms with Crippen molar-refractivity contribution in [2.45, 2.75) is 64.5 Å². The predicted octanol–water partition coefficient (Wildman–Crippen LogP) is 3.83. The highest BCUT2D eigenvalue weighted by Gasteiger charge is 2.39. The van der Waals surface area contributed by atoms with Gasteiger partial charge in [-0.1, -0.05) is 87.6 Å². The Morgan fingerprint density at radius 1 is 0.833 bits per heavy atom. The van der Waals surface area contributed by atoms with E-state index >= 15 is 0 Å². The van der Waals surface area contributed by atoms with Gasteiger partial charge in [0.2, 0.25) is 0 Å². The Morgan fingerprint density at radius 2 is 1.33 bits per heavy atom. The Bertz CT molecular complexity index is 464. The summed E-state index contributed by atoms with van der Waals surface area (Å²) in [6, 6.07) is 10.4. The number of hydrogen-bond acceptors (Lipinski definition) is 0. The first-order valence-corrected chi connectivity index (χ1v) is 13.6. The van der Waals surface area contributed by atoms with E-state index in [1.807, 2.05) is 0 Å². The van der Waals surface area contributed by atoms with Crippen molar-refractivity contribution in [2.24, 2.45) is 0 Å². The van der Waals surface area contributed by atoms with Crippen LogP contribution in [-0.2, 0) is 5.41 Å². The van der Waals surface area contributed by atoms with Gasteiger partial charge < -0.3 is 0 Å². The monoisotopic (exact) mass is 276 g/mol. The van der Waals surface area contributed by atoms with E-state index in [4.69, 9.17) is 0 Å². The molecule has 1 aliphatic rings. The molecular formula is C16H28Si2. The summed E-state index contributed by atoms with van der Waals surface area (Å²) in [5.41, 5.74) is 1.80. The Labute approximate surface area is 115 Å². The fourth-order valence-electron chi connectivity index (χ4n) is 3.06. The molecule has 0 unspecified atom stereocenters. The second kappa shape index (κ2) is 4.07. The molecule has 18 heavy (non-hydrogen) atoms. The Balaban J connectivity index is 2.63. The van der Waals surface area contributed by atoms with E-state index in [1.54, 1.807) is 10.4 Å². The zero-order chi connectivity index (χ0) is 13.8. The third-order valence-electron chi connectivity index (χ3n) is 4.72. The Kier molecular flexibility index (Phi) is 3.18. The average Bonchev–Trinajstić information content (AvgIpc) is 2.23. The van der Waals surface area contributed by atoms with Crippen molar-refractivity contribution < 1.29 is 0 Å². The summed E-state index contributed by atoms with van der Waals surface area (Å²) >= 11 is 0. The van der Waals surface area contributed by atoms with Crippen LogP contribution in [0.2, 0.25) is 38.3 Å². The van der Waals surface area contributed by atoms with Gasteiger partial charge in [0.1, 0.15) is 0 Å². The van der Waals surface area contributed by atoms with Gasteiger partial charge in [-0.3, -0.25) is 0 Å². The minimum atomic E-state index is -1.18. The van der Waals surface area contributed by atoms with Crippen LogP contribution in [0.1, 0.15) is 26.3 Å². The molecule has 0 amide bonds. The number of benzene rings is 1. The minimum absolute atomic E-state index is 0.280. The first-order chi connectivity index (χ1) is 8.04. The maximum Gasteiger partial charge on any atom is 0.0802 e. The topological polar surface area (TPSA) is 0 Å². The summed E-state index contributed by atoms with van der Waals surface area (Å²) in [4.78, 5) is 0. The van der Waals surface area contributed by atoms with E-state index in [0.717, 1.165) is 0 Å². The Hall–Kier alpha value is -0.346. The van der Waals surface area contributed by atoms with Gasteiger partial charge in [0, 0.05) is 0 Å². The zero-order valence-electron chi connectivity index (χ0n) is 13.1. The van der Waals surface area contributed by atoms with Gasteiger partial charge in [0.15, 0.2) is 0 Å². The van der Waals surface area contributed by atoms with Crippen LogP contribution in [0, 0.1) is 0 Å². The molecule has 100 valence electrons. The van der Waals surface area contributed by atoms with Crippen molar-refractivity contribution in [1.82, 2.24) is 0 Å².